The summed E-state index contributed by atoms with van der Waals surface area (Å²) >= 11 is 0. The third kappa shape index (κ3) is 3.86. The molecule has 0 heterocycles. The quantitative estimate of drug-likeness (QED) is 0.580. The summed E-state index contributed by atoms with van der Waals surface area (Å²) in [5.74, 6) is 0.0375. The molecule has 1 N–H and O–H groups in total. The number of carbonyl (C=O) groups is 1. The Morgan fingerprint density at radius 2 is 1.29 bits per heavy atom. The summed E-state index contributed by atoms with van der Waals surface area (Å²) in [5.41, 5.74) is 5.56. The van der Waals surface area contributed by atoms with Gasteiger partial charge < -0.3 is 5.32 Å². The standard InChI is InChI=1S/C26H21NO/c28-26(22-15-8-3-9-16-22)24-18-10-17-23(24)25(21-13-6-2-7-14-21)27-19-20-11-4-1-5-12-20/h1-18,27H,19H2/b25-23-. The lowest BCUT2D eigenvalue weighted by atomic mass is 9.95. The Morgan fingerprint density at radius 3 is 1.93 bits per heavy atom. The summed E-state index contributed by atoms with van der Waals surface area (Å²) in [7, 11) is 0. The van der Waals surface area contributed by atoms with Crippen LogP contribution in [0, 0.1) is 0 Å². The first-order valence-electron chi connectivity index (χ1n) is 9.39. The molecule has 4 rings (SSSR count). The molecule has 2 nitrogen and oxygen atoms in total. The lowest BCUT2D eigenvalue weighted by Gasteiger charge is -2.16. The Hall–Kier alpha value is -3.65. The number of nitrogens with one attached hydrogen (secondary N) is 1. The van der Waals surface area contributed by atoms with Gasteiger partial charge in [-0.25, -0.2) is 0 Å². The smallest absolute Gasteiger partial charge is 0.193 e. The van der Waals surface area contributed by atoms with E-state index in [2.05, 4.69) is 29.6 Å². The van der Waals surface area contributed by atoms with Crippen molar-refractivity contribution in [2.24, 2.45) is 0 Å². The van der Waals surface area contributed by atoms with Gasteiger partial charge in [-0.15, -0.1) is 0 Å². The molecule has 2 heteroatoms. The molecule has 0 saturated heterocycles. The van der Waals surface area contributed by atoms with Gasteiger partial charge in [0.25, 0.3) is 0 Å². The zero-order valence-corrected chi connectivity index (χ0v) is 15.5. The van der Waals surface area contributed by atoms with Gasteiger partial charge in [-0.2, -0.15) is 0 Å². The molecule has 0 atom stereocenters. The van der Waals surface area contributed by atoms with Crippen molar-refractivity contribution in [2.45, 2.75) is 6.54 Å². The fourth-order valence-electron chi connectivity index (χ4n) is 3.33. The SMILES string of the molecule is O=C(C1=CC=C/C1=C(/NCc1ccccc1)c1ccccc1)c1ccccc1. The summed E-state index contributed by atoms with van der Waals surface area (Å²) in [6.45, 7) is 0.690. The third-order valence-corrected chi connectivity index (χ3v) is 4.74. The van der Waals surface area contributed by atoms with Crippen LogP contribution in [0.3, 0.4) is 0 Å². The van der Waals surface area contributed by atoms with Crippen molar-refractivity contribution in [2.75, 3.05) is 0 Å². The molecular weight excluding hydrogens is 342 g/mol. The van der Waals surface area contributed by atoms with E-state index >= 15 is 0 Å². The highest BCUT2D eigenvalue weighted by Crippen LogP contribution is 2.29. The Labute approximate surface area is 165 Å². The number of Topliss-reactive ketones (excluding diaryl/α,β-unsaturated/α-hetero) is 1. The van der Waals surface area contributed by atoms with E-state index in [0.717, 1.165) is 16.8 Å². The van der Waals surface area contributed by atoms with Crippen molar-refractivity contribution in [3.63, 3.8) is 0 Å². The lowest BCUT2D eigenvalue weighted by molar-refractivity contribution is 0.103. The fourth-order valence-corrected chi connectivity index (χ4v) is 3.33. The van der Waals surface area contributed by atoms with E-state index in [9.17, 15) is 4.79 Å². The molecule has 0 saturated carbocycles. The van der Waals surface area contributed by atoms with E-state index in [-0.39, 0.29) is 5.78 Å². The van der Waals surface area contributed by atoms with Crippen molar-refractivity contribution >= 4 is 11.5 Å². The van der Waals surface area contributed by atoms with Gasteiger partial charge in [0.1, 0.15) is 0 Å². The second-order valence-corrected chi connectivity index (χ2v) is 6.63. The Morgan fingerprint density at radius 1 is 0.714 bits per heavy atom. The van der Waals surface area contributed by atoms with Crippen LogP contribution in [0.25, 0.3) is 5.70 Å². The van der Waals surface area contributed by atoms with Gasteiger partial charge in [-0.05, 0) is 11.1 Å². The molecule has 0 aromatic heterocycles. The van der Waals surface area contributed by atoms with E-state index in [1.165, 1.54) is 5.56 Å². The Kier molecular flexibility index (Phi) is 5.30. The highest BCUT2D eigenvalue weighted by Gasteiger charge is 2.21. The van der Waals surface area contributed by atoms with E-state index in [4.69, 9.17) is 0 Å². The molecule has 1 aliphatic carbocycles. The highest BCUT2D eigenvalue weighted by atomic mass is 16.1. The topological polar surface area (TPSA) is 29.1 Å². The van der Waals surface area contributed by atoms with E-state index in [0.29, 0.717) is 17.7 Å². The average Bonchev–Trinajstić information content (AvgIpc) is 3.25. The minimum atomic E-state index is 0.0375. The van der Waals surface area contributed by atoms with Gasteiger partial charge in [0.2, 0.25) is 0 Å². The van der Waals surface area contributed by atoms with Crippen LogP contribution in [0.4, 0.5) is 0 Å². The van der Waals surface area contributed by atoms with Gasteiger partial charge in [0, 0.05) is 29.0 Å². The van der Waals surface area contributed by atoms with Crippen LogP contribution < -0.4 is 5.32 Å². The molecule has 28 heavy (non-hydrogen) atoms. The van der Waals surface area contributed by atoms with Gasteiger partial charge in [0.15, 0.2) is 5.78 Å². The van der Waals surface area contributed by atoms with Gasteiger partial charge in [-0.3, -0.25) is 4.79 Å². The van der Waals surface area contributed by atoms with Crippen LogP contribution in [-0.4, -0.2) is 5.78 Å². The monoisotopic (exact) mass is 363 g/mol. The van der Waals surface area contributed by atoms with Gasteiger partial charge in [0.05, 0.1) is 0 Å². The lowest BCUT2D eigenvalue weighted by Crippen LogP contribution is -2.16. The zero-order chi connectivity index (χ0) is 19.2. The van der Waals surface area contributed by atoms with Gasteiger partial charge in [-0.1, -0.05) is 109 Å². The molecule has 0 fully saturated rings. The zero-order valence-electron chi connectivity index (χ0n) is 15.5. The summed E-state index contributed by atoms with van der Waals surface area (Å²) in [6.07, 6.45) is 5.85. The predicted molar refractivity (Wildman–Crippen MR) is 115 cm³/mol. The van der Waals surface area contributed by atoms with Crippen LogP contribution in [0.2, 0.25) is 0 Å². The number of hydrogen-bond acceptors (Lipinski definition) is 2. The largest absolute Gasteiger partial charge is 0.380 e. The predicted octanol–water partition coefficient (Wildman–Crippen LogP) is 5.57. The second kappa shape index (κ2) is 8.36. The maximum atomic E-state index is 13.1. The van der Waals surface area contributed by atoms with Crippen molar-refractivity contribution in [1.82, 2.24) is 5.32 Å². The molecule has 0 bridgehead atoms. The van der Waals surface area contributed by atoms with E-state index in [1.54, 1.807) is 0 Å². The minimum absolute atomic E-state index is 0.0375. The first-order chi connectivity index (χ1) is 13.8. The van der Waals surface area contributed by atoms with Gasteiger partial charge >= 0.3 is 0 Å². The number of ketones is 1. The maximum absolute atomic E-state index is 13.1. The number of hydrogen-bond donors (Lipinski definition) is 1. The second-order valence-electron chi connectivity index (χ2n) is 6.63. The number of carbonyl (C=O) groups excluding carboxylic acids is 1. The highest BCUT2D eigenvalue weighted by molar-refractivity contribution is 6.14. The van der Waals surface area contributed by atoms with Crippen LogP contribution in [0.1, 0.15) is 21.5 Å². The van der Waals surface area contributed by atoms with Crippen LogP contribution in [-0.2, 0) is 6.54 Å². The molecule has 0 aliphatic heterocycles. The van der Waals surface area contributed by atoms with E-state index in [1.807, 2.05) is 85.0 Å². The van der Waals surface area contributed by atoms with Crippen LogP contribution in [0.5, 0.6) is 0 Å². The first-order valence-corrected chi connectivity index (χ1v) is 9.39. The molecular formula is C26H21NO. The van der Waals surface area contributed by atoms with Crippen LogP contribution in [0.15, 0.2) is 120 Å². The third-order valence-electron chi connectivity index (χ3n) is 4.74. The molecule has 1 aliphatic rings. The van der Waals surface area contributed by atoms with Crippen molar-refractivity contribution in [3.8, 4) is 0 Å². The summed E-state index contributed by atoms with van der Waals surface area (Å²) in [4.78, 5) is 13.1. The molecule has 0 unspecified atom stereocenters. The van der Waals surface area contributed by atoms with Crippen LogP contribution >= 0.6 is 0 Å². The molecule has 0 radical (unpaired) electrons. The average molecular weight is 363 g/mol. The summed E-state index contributed by atoms with van der Waals surface area (Å²) < 4.78 is 0. The van der Waals surface area contributed by atoms with Crippen molar-refractivity contribution in [1.29, 1.82) is 0 Å². The number of rotatable bonds is 6. The fraction of sp³-hybridized carbons (Fsp3) is 0.0385. The summed E-state index contributed by atoms with van der Waals surface area (Å²) in [6, 6.07) is 29.9. The number of allylic oxidation sites excluding steroid dienone is 5. The molecule has 3 aromatic rings. The Balaban J connectivity index is 1.71. The molecule has 3 aromatic carbocycles. The summed E-state index contributed by atoms with van der Waals surface area (Å²) in [5, 5.41) is 3.57. The van der Waals surface area contributed by atoms with Crippen molar-refractivity contribution < 1.29 is 4.79 Å². The molecule has 136 valence electrons. The minimum Gasteiger partial charge on any atom is -0.380 e. The first kappa shape index (κ1) is 17.7. The van der Waals surface area contributed by atoms with Crippen molar-refractivity contribution in [3.05, 3.63) is 137 Å². The van der Waals surface area contributed by atoms with E-state index < -0.39 is 0 Å². The molecule has 0 spiro atoms. The normalized spacial score (nSPS) is 14.5. The number of benzene rings is 3. The molecule has 0 amide bonds. The maximum Gasteiger partial charge on any atom is 0.193 e. The Bertz CT molecular complexity index is 1050.